The summed E-state index contributed by atoms with van der Waals surface area (Å²) in [4.78, 5) is 16.4. The van der Waals surface area contributed by atoms with E-state index in [9.17, 15) is 9.90 Å². The molecule has 4 N–H and O–H groups in total. The van der Waals surface area contributed by atoms with Crippen molar-refractivity contribution in [2.24, 2.45) is 4.99 Å². The minimum Gasteiger partial charge on any atom is -0.466 e. The van der Waals surface area contributed by atoms with E-state index in [1.54, 1.807) is 19.1 Å². The Morgan fingerprint density at radius 1 is 1.10 bits per heavy atom. The van der Waals surface area contributed by atoms with Gasteiger partial charge in [0.15, 0.2) is 5.96 Å². The Balaban J connectivity index is 2.02. The van der Waals surface area contributed by atoms with Gasteiger partial charge in [0.1, 0.15) is 17.1 Å². The SMILES string of the molecule is CCNC(=O)c1ccc(CN=C(NCC)NCC(C)(O)c2cc(C)oc2C)cc1. The van der Waals surface area contributed by atoms with Crippen molar-refractivity contribution >= 4 is 11.9 Å². The molecule has 7 nitrogen and oxygen atoms in total. The number of benzene rings is 1. The third kappa shape index (κ3) is 6.35. The molecule has 0 spiro atoms. The van der Waals surface area contributed by atoms with Crippen LogP contribution in [0.1, 0.15) is 53.8 Å². The summed E-state index contributed by atoms with van der Waals surface area (Å²) in [7, 11) is 0. The fraction of sp³-hybridized carbons (Fsp3) is 0.455. The van der Waals surface area contributed by atoms with Gasteiger partial charge in [-0.15, -0.1) is 0 Å². The van der Waals surface area contributed by atoms with E-state index in [-0.39, 0.29) is 12.5 Å². The molecular formula is C22H32N4O3. The number of nitrogens with zero attached hydrogens (tertiary/aromatic N) is 1. The number of hydrogen-bond donors (Lipinski definition) is 4. The standard InChI is InChI=1S/C22H32N4O3/c1-6-23-20(27)18-10-8-17(9-11-18)13-25-21(24-7-2)26-14-22(5,28)19-12-15(3)29-16(19)4/h8-12,28H,6-7,13-14H2,1-5H3,(H,23,27)(H2,24,25,26). The highest BCUT2D eigenvalue weighted by atomic mass is 16.3. The van der Waals surface area contributed by atoms with E-state index in [1.165, 1.54) is 0 Å². The lowest BCUT2D eigenvalue weighted by Crippen LogP contribution is -2.44. The lowest BCUT2D eigenvalue weighted by molar-refractivity contribution is 0.0601. The Bertz CT molecular complexity index is 838. The fourth-order valence-corrected chi connectivity index (χ4v) is 3.05. The number of carbonyl (C=O) groups is 1. The van der Waals surface area contributed by atoms with Crippen LogP contribution >= 0.6 is 0 Å². The first-order chi connectivity index (χ1) is 13.8. The lowest BCUT2D eigenvalue weighted by Gasteiger charge is -2.24. The van der Waals surface area contributed by atoms with Crippen molar-refractivity contribution in [3.8, 4) is 0 Å². The zero-order valence-corrected chi connectivity index (χ0v) is 17.9. The molecular weight excluding hydrogens is 368 g/mol. The topological polar surface area (TPSA) is 98.9 Å². The van der Waals surface area contributed by atoms with Gasteiger partial charge in [0, 0.05) is 24.2 Å². The van der Waals surface area contributed by atoms with E-state index in [0.717, 1.165) is 16.9 Å². The first-order valence-electron chi connectivity index (χ1n) is 9.96. The molecule has 0 saturated heterocycles. The van der Waals surface area contributed by atoms with Crippen molar-refractivity contribution in [3.05, 3.63) is 58.5 Å². The van der Waals surface area contributed by atoms with Crippen LogP contribution in [0.4, 0.5) is 0 Å². The number of aryl methyl sites for hydroxylation is 2. The number of carbonyl (C=O) groups excluding carboxylic acids is 1. The van der Waals surface area contributed by atoms with Crippen LogP contribution in [0.15, 0.2) is 39.7 Å². The zero-order chi connectivity index (χ0) is 21.4. The van der Waals surface area contributed by atoms with Gasteiger partial charge in [0.25, 0.3) is 5.91 Å². The quantitative estimate of drug-likeness (QED) is 0.403. The van der Waals surface area contributed by atoms with Crippen molar-refractivity contribution in [1.29, 1.82) is 0 Å². The molecule has 0 aliphatic rings. The Hall–Kier alpha value is -2.80. The van der Waals surface area contributed by atoms with Crippen LogP contribution in [0.25, 0.3) is 0 Å². The summed E-state index contributed by atoms with van der Waals surface area (Å²) in [5, 5.41) is 20.0. The van der Waals surface area contributed by atoms with Gasteiger partial charge in [-0.3, -0.25) is 4.79 Å². The molecule has 0 bridgehead atoms. The predicted molar refractivity (Wildman–Crippen MR) is 115 cm³/mol. The Morgan fingerprint density at radius 2 is 1.76 bits per heavy atom. The van der Waals surface area contributed by atoms with Crippen LogP contribution in [0.5, 0.6) is 0 Å². The normalized spacial score (nSPS) is 13.7. The molecule has 0 fully saturated rings. The van der Waals surface area contributed by atoms with E-state index in [1.807, 2.05) is 45.9 Å². The first-order valence-corrected chi connectivity index (χ1v) is 9.96. The van der Waals surface area contributed by atoms with Crippen molar-refractivity contribution in [3.63, 3.8) is 0 Å². The minimum absolute atomic E-state index is 0.0791. The van der Waals surface area contributed by atoms with Gasteiger partial charge in [-0.05, 0) is 58.4 Å². The highest BCUT2D eigenvalue weighted by Gasteiger charge is 2.27. The molecule has 0 aliphatic carbocycles. The Kier molecular flexibility index (Phi) is 7.84. The molecule has 1 atom stereocenters. The number of nitrogens with one attached hydrogen (secondary N) is 3. The monoisotopic (exact) mass is 400 g/mol. The van der Waals surface area contributed by atoms with E-state index in [4.69, 9.17) is 4.42 Å². The number of hydrogen-bond acceptors (Lipinski definition) is 4. The van der Waals surface area contributed by atoms with E-state index >= 15 is 0 Å². The summed E-state index contributed by atoms with van der Waals surface area (Å²) in [6.45, 7) is 11.4. The van der Waals surface area contributed by atoms with Gasteiger partial charge in [-0.25, -0.2) is 4.99 Å². The van der Waals surface area contributed by atoms with Crippen molar-refractivity contribution in [2.45, 2.75) is 46.8 Å². The number of amides is 1. The molecule has 1 amide bonds. The van der Waals surface area contributed by atoms with Gasteiger partial charge in [-0.1, -0.05) is 12.1 Å². The fourth-order valence-electron chi connectivity index (χ4n) is 3.05. The second-order valence-corrected chi connectivity index (χ2v) is 7.21. The molecule has 7 heteroatoms. The number of furan rings is 1. The van der Waals surface area contributed by atoms with Gasteiger partial charge < -0.3 is 25.5 Å². The van der Waals surface area contributed by atoms with Gasteiger partial charge in [-0.2, -0.15) is 0 Å². The zero-order valence-electron chi connectivity index (χ0n) is 17.9. The summed E-state index contributed by atoms with van der Waals surface area (Å²) in [5.41, 5.74) is 1.29. The third-order valence-electron chi connectivity index (χ3n) is 4.54. The van der Waals surface area contributed by atoms with Crippen LogP contribution in [0.2, 0.25) is 0 Å². The summed E-state index contributed by atoms with van der Waals surface area (Å²) in [5.74, 6) is 2.01. The summed E-state index contributed by atoms with van der Waals surface area (Å²) in [6, 6.07) is 9.24. The highest BCUT2D eigenvalue weighted by molar-refractivity contribution is 5.94. The van der Waals surface area contributed by atoms with Crippen LogP contribution in [-0.4, -0.2) is 36.6 Å². The molecule has 1 heterocycles. The second kappa shape index (κ2) is 10.1. The Labute approximate surface area is 172 Å². The second-order valence-electron chi connectivity index (χ2n) is 7.21. The molecule has 158 valence electrons. The van der Waals surface area contributed by atoms with Crippen molar-refractivity contribution in [2.75, 3.05) is 19.6 Å². The molecule has 2 rings (SSSR count). The summed E-state index contributed by atoms with van der Waals surface area (Å²) >= 11 is 0. The smallest absolute Gasteiger partial charge is 0.251 e. The number of rotatable bonds is 8. The molecule has 0 radical (unpaired) electrons. The van der Waals surface area contributed by atoms with E-state index < -0.39 is 5.60 Å². The molecule has 2 aromatic rings. The lowest BCUT2D eigenvalue weighted by atomic mass is 9.96. The third-order valence-corrected chi connectivity index (χ3v) is 4.54. The van der Waals surface area contributed by atoms with E-state index in [2.05, 4.69) is 20.9 Å². The maximum Gasteiger partial charge on any atom is 0.251 e. The molecule has 1 aromatic carbocycles. The predicted octanol–water partition coefficient (Wildman–Crippen LogP) is 2.61. The molecule has 0 saturated carbocycles. The first kappa shape index (κ1) is 22.5. The average Bonchev–Trinajstić information content (AvgIpc) is 3.03. The molecule has 29 heavy (non-hydrogen) atoms. The average molecular weight is 401 g/mol. The van der Waals surface area contributed by atoms with Gasteiger partial charge in [0.05, 0.1) is 13.1 Å². The van der Waals surface area contributed by atoms with Crippen LogP contribution < -0.4 is 16.0 Å². The largest absolute Gasteiger partial charge is 0.466 e. The highest BCUT2D eigenvalue weighted by Crippen LogP contribution is 2.26. The number of guanidine groups is 1. The van der Waals surface area contributed by atoms with Gasteiger partial charge >= 0.3 is 0 Å². The van der Waals surface area contributed by atoms with Crippen LogP contribution in [-0.2, 0) is 12.1 Å². The molecule has 1 unspecified atom stereocenters. The van der Waals surface area contributed by atoms with Crippen LogP contribution in [0.3, 0.4) is 0 Å². The van der Waals surface area contributed by atoms with Crippen molar-refractivity contribution in [1.82, 2.24) is 16.0 Å². The maximum atomic E-state index is 11.8. The number of aliphatic imine (C=N–C) groups is 1. The minimum atomic E-state index is -1.09. The van der Waals surface area contributed by atoms with Crippen LogP contribution in [0, 0.1) is 13.8 Å². The summed E-state index contributed by atoms with van der Waals surface area (Å²) < 4.78 is 5.54. The van der Waals surface area contributed by atoms with E-state index in [0.29, 0.717) is 36.9 Å². The summed E-state index contributed by atoms with van der Waals surface area (Å²) in [6.07, 6.45) is 0. The van der Waals surface area contributed by atoms with Gasteiger partial charge in [0.2, 0.25) is 0 Å². The number of aliphatic hydroxyl groups is 1. The Morgan fingerprint density at radius 3 is 2.31 bits per heavy atom. The van der Waals surface area contributed by atoms with Crippen molar-refractivity contribution < 1.29 is 14.3 Å². The molecule has 1 aromatic heterocycles. The molecule has 0 aliphatic heterocycles. The maximum absolute atomic E-state index is 11.8.